The van der Waals surface area contributed by atoms with E-state index in [-0.39, 0.29) is 0 Å². The Bertz CT molecular complexity index is 543. The first-order valence-electron chi connectivity index (χ1n) is 5.40. The summed E-state index contributed by atoms with van der Waals surface area (Å²) < 4.78 is 11.8. The van der Waals surface area contributed by atoms with Crippen molar-refractivity contribution >= 4 is 27.5 Å². The SMILES string of the molecule is COc1cccc(OCc2ccc(Br)cc2Cl)c1. The lowest BCUT2D eigenvalue weighted by molar-refractivity contribution is 0.303. The van der Waals surface area contributed by atoms with E-state index in [1.165, 1.54) is 0 Å². The van der Waals surface area contributed by atoms with Crippen LogP contribution in [0.2, 0.25) is 5.02 Å². The summed E-state index contributed by atoms with van der Waals surface area (Å²) >= 11 is 9.49. The van der Waals surface area contributed by atoms with Gasteiger partial charge < -0.3 is 9.47 Å². The van der Waals surface area contributed by atoms with Crippen molar-refractivity contribution in [3.05, 3.63) is 57.5 Å². The normalized spacial score (nSPS) is 10.2. The van der Waals surface area contributed by atoms with Gasteiger partial charge in [0.2, 0.25) is 0 Å². The maximum absolute atomic E-state index is 6.12. The van der Waals surface area contributed by atoms with Crippen LogP contribution < -0.4 is 9.47 Å². The van der Waals surface area contributed by atoms with Crippen LogP contribution in [-0.4, -0.2) is 7.11 Å². The fraction of sp³-hybridized carbons (Fsp3) is 0.143. The molecular formula is C14H12BrClO2. The van der Waals surface area contributed by atoms with E-state index in [9.17, 15) is 0 Å². The highest BCUT2D eigenvalue weighted by molar-refractivity contribution is 9.10. The van der Waals surface area contributed by atoms with Crippen LogP contribution in [0.5, 0.6) is 11.5 Å². The molecule has 0 saturated carbocycles. The number of benzene rings is 2. The molecule has 0 aromatic heterocycles. The average molecular weight is 328 g/mol. The second-order valence-electron chi connectivity index (χ2n) is 3.70. The minimum atomic E-state index is 0.430. The second-order valence-corrected chi connectivity index (χ2v) is 5.03. The third-order valence-corrected chi connectivity index (χ3v) is 3.30. The molecule has 18 heavy (non-hydrogen) atoms. The molecule has 2 aromatic carbocycles. The molecule has 2 aromatic rings. The third-order valence-electron chi connectivity index (χ3n) is 2.45. The molecule has 4 heteroatoms. The van der Waals surface area contributed by atoms with Gasteiger partial charge in [0.1, 0.15) is 18.1 Å². The number of methoxy groups -OCH3 is 1. The molecule has 0 bridgehead atoms. The largest absolute Gasteiger partial charge is 0.497 e. The monoisotopic (exact) mass is 326 g/mol. The molecule has 0 aliphatic heterocycles. The highest BCUT2D eigenvalue weighted by Crippen LogP contribution is 2.24. The molecule has 0 aliphatic rings. The Kier molecular flexibility index (Phi) is 4.50. The van der Waals surface area contributed by atoms with Crippen LogP contribution in [0.15, 0.2) is 46.9 Å². The molecule has 0 radical (unpaired) electrons. The Hall–Kier alpha value is -1.19. The van der Waals surface area contributed by atoms with Gasteiger partial charge in [-0.2, -0.15) is 0 Å². The Morgan fingerprint density at radius 3 is 2.61 bits per heavy atom. The average Bonchev–Trinajstić information content (AvgIpc) is 2.38. The van der Waals surface area contributed by atoms with Gasteiger partial charge in [-0.15, -0.1) is 0 Å². The second kappa shape index (κ2) is 6.12. The van der Waals surface area contributed by atoms with Gasteiger partial charge in [0.05, 0.1) is 7.11 Å². The van der Waals surface area contributed by atoms with E-state index in [4.69, 9.17) is 21.1 Å². The van der Waals surface area contributed by atoms with Gasteiger partial charge in [-0.3, -0.25) is 0 Å². The van der Waals surface area contributed by atoms with E-state index < -0.39 is 0 Å². The lowest BCUT2D eigenvalue weighted by Gasteiger charge is -2.09. The maximum atomic E-state index is 6.12. The van der Waals surface area contributed by atoms with E-state index in [0.29, 0.717) is 11.6 Å². The molecule has 0 amide bonds. The Morgan fingerprint density at radius 2 is 1.89 bits per heavy atom. The summed E-state index contributed by atoms with van der Waals surface area (Å²) in [5.41, 5.74) is 0.947. The first-order valence-corrected chi connectivity index (χ1v) is 6.57. The number of hydrogen-bond donors (Lipinski definition) is 0. The van der Waals surface area contributed by atoms with E-state index in [1.54, 1.807) is 7.11 Å². The van der Waals surface area contributed by atoms with E-state index in [1.807, 2.05) is 42.5 Å². The van der Waals surface area contributed by atoms with Gasteiger partial charge in [-0.25, -0.2) is 0 Å². The summed E-state index contributed by atoms with van der Waals surface area (Å²) in [6.45, 7) is 0.430. The van der Waals surface area contributed by atoms with Crippen molar-refractivity contribution < 1.29 is 9.47 Å². The molecule has 0 N–H and O–H groups in total. The molecule has 94 valence electrons. The van der Waals surface area contributed by atoms with Gasteiger partial charge >= 0.3 is 0 Å². The molecule has 0 heterocycles. The molecule has 2 rings (SSSR count). The molecule has 0 unspecified atom stereocenters. The zero-order valence-corrected chi connectivity index (χ0v) is 12.2. The smallest absolute Gasteiger partial charge is 0.123 e. The predicted octanol–water partition coefficient (Wildman–Crippen LogP) is 4.69. The van der Waals surface area contributed by atoms with Crippen molar-refractivity contribution in [3.63, 3.8) is 0 Å². The molecule has 0 atom stereocenters. The van der Waals surface area contributed by atoms with Gasteiger partial charge in [0.25, 0.3) is 0 Å². The van der Waals surface area contributed by atoms with Crippen LogP contribution in [0.4, 0.5) is 0 Å². The highest BCUT2D eigenvalue weighted by atomic mass is 79.9. The molecule has 0 saturated heterocycles. The first-order chi connectivity index (χ1) is 8.69. The predicted molar refractivity (Wildman–Crippen MR) is 76.5 cm³/mol. The summed E-state index contributed by atoms with van der Waals surface area (Å²) in [5, 5.41) is 0.687. The van der Waals surface area contributed by atoms with Crippen molar-refractivity contribution in [2.75, 3.05) is 7.11 Å². The first kappa shape index (κ1) is 13.2. The summed E-state index contributed by atoms with van der Waals surface area (Å²) in [6, 6.07) is 13.2. The van der Waals surface area contributed by atoms with Gasteiger partial charge in [-0.1, -0.05) is 39.7 Å². The Balaban J connectivity index is 2.06. The van der Waals surface area contributed by atoms with Crippen molar-refractivity contribution in [3.8, 4) is 11.5 Å². The number of halogens is 2. The Morgan fingerprint density at radius 1 is 1.11 bits per heavy atom. The topological polar surface area (TPSA) is 18.5 Å². The standard InChI is InChI=1S/C14H12BrClO2/c1-17-12-3-2-4-13(8-12)18-9-10-5-6-11(15)7-14(10)16/h2-8H,9H2,1H3. The molecule has 2 nitrogen and oxygen atoms in total. The maximum Gasteiger partial charge on any atom is 0.123 e. The summed E-state index contributed by atoms with van der Waals surface area (Å²) in [6.07, 6.45) is 0. The van der Waals surface area contributed by atoms with Crippen molar-refractivity contribution in [1.29, 1.82) is 0 Å². The van der Waals surface area contributed by atoms with Crippen LogP contribution in [0.25, 0.3) is 0 Å². The fourth-order valence-corrected chi connectivity index (χ4v) is 2.22. The number of hydrogen-bond acceptors (Lipinski definition) is 2. The highest BCUT2D eigenvalue weighted by Gasteiger charge is 2.03. The van der Waals surface area contributed by atoms with Gasteiger partial charge in [-0.05, 0) is 24.3 Å². The van der Waals surface area contributed by atoms with Crippen LogP contribution in [0.3, 0.4) is 0 Å². The van der Waals surface area contributed by atoms with Crippen LogP contribution in [-0.2, 0) is 6.61 Å². The zero-order chi connectivity index (χ0) is 13.0. The molecule has 0 spiro atoms. The van der Waals surface area contributed by atoms with E-state index in [2.05, 4.69) is 15.9 Å². The summed E-state index contributed by atoms with van der Waals surface area (Å²) in [4.78, 5) is 0. The van der Waals surface area contributed by atoms with Crippen LogP contribution >= 0.6 is 27.5 Å². The minimum absolute atomic E-state index is 0.430. The lowest BCUT2D eigenvalue weighted by Crippen LogP contribution is -1.96. The number of rotatable bonds is 4. The molecule has 0 aliphatic carbocycles. The summed E-state index contributed by atoms with van der Waals surface area (Å²) in [5.74, 6) is 1.53. The quantitative estimate of drug-likeness (QED) is 0.811. The summed E-state index contributed by atoms with van der Waals surface area (Å²) in [7, 11) is 1.63. The van der Waals surface area contributed by atoms with E-state index in [0.717, 1.165) is 21.5 Å². The van der Waals surface area contributed by atoms with Crippen molar-refractivity contribution in [2.24, 2.45) is 0 Å². The fourth-order valence-electron chi connectivity index (χ4n) is 1.49. The molecular weight excluding hydrogens is 316 g/mol. The zero-order valence-electron chi connectivity index (χ0n) is 9.82. The van der Waals surface area contributed by atoms with Crippen LogP contribution in [0, 0.1) is 0 Å². The van der Waals surface area contributed by atoms with Crippen molar-refractivity contribution in [1.82, 2.24) is 0 Å². The van der Waals surface area contributed by atoms with Crippen LogP contribution in [0.1, 0.15) is 5.56 Å². The third kappa shape index (κ3) is 3.40. The van der Waals surface area contributed by atoms with Gasteiger partial charge in [0.15, 0.2) is 0 Å². The number of ether oxygens (including phenoxy) is 2. The Labute approximate surface area is 120 Å². The molecule has 0 fully saturated rings. The van der Waals surface area contributed by atoms with E-state index >= 15 is 0 Å². The van der Waals surface area contributed by atoms with Gasteiger partial charge in [0, 0.05) is 21.1 Å². The minimum Gasteiger partial charge on any atom is -0.497 e. The lowest BCUT2D eigenvalue weighted by atomic mass is 10.2. The van der Waals surface area contributed by atoms with Crippen molar-refractivity contribution in [2.45, 2.75) is 6.61 Å².